The summed E-state index contributed by atoms with van der Waals surface area (Å²) in [6.07, 6.45) is 0.226. The highest BCUT2D eigenvalue weighted by Gasteiger charge is 2.10. The minimum atomic E-state index is -0.291. The van der Waals surface area contributed by atoms with E-state index in [1.54, 1.807) is 12.5 Å². The zero-order chi connectivity index (χ0) is 14.1. The fourth-order valence-corrected chi connectivity index (χ4v) is 1.92. The van der Waals surface area contributed by atoms with E-state index in [0.717, 1.165) is 0 Å². The normalized spacial score (nSPS) is 10.2. The topological polar surface area (TPSA) is 106 Å². The van der Waals surface area contributed by atoms with Crippen molar-refractivity contribution in [3.63, 3.8) is 0 Å². The van der Waals surface area contributed by atoms with Crippen molar-refractivity contribution in [3.8, 4) is 0 Å². The number of nitrogens with two attached hydrogens (primary N) is 1. The molecule has 106 valence electrons. The van der Waals surface area contributed by atoms with Crippen molar-refractivity contribution in [2.45, 2.75) is 13.0 Å². The van der Waals surface area contributed by atoms with Crippen LogP contribution in [0.2, 0.25) is 0 Å². The lowest BCUT2D eigenvalue weighted by Crippen LogP contribution is -2.32. The molecular formula is C11H18N4O3S. The van der Waals surface area contributed by atoms with E-state index in [2.05, 4.69) is 15.6 Å². The van der Waals surface area contributed by atoms with E-state index >= 15 is 0 Å². The van der Waals surface area contributed by atoms with Gasteiger partial charge in [0, 0.05) is 38.5 Å². The second kappa shape index (κ2) is 8.57. The van der Waals surface area contributed by atoms with Gasteiger partial charge in [0.1, 0.15) is 10.7 Å². The number of carbonyl (C=O) groups is 2. The summed E-state index contributed by atoms with van der Waals surface area (Å²) >= 11 is 1.34. The van der Waals surface area contributed by atoms with Crippen LogP contribution in [0.4, 0.5) is 0 Å². The first-order valence-electron chi connectivity index (χ1n) is 5.85. The molecule has 1 rings (SSSR count). The van der Waals surface area contributed by atoms with Crippen LogP contribution < -0.4 is 16.4 Å². The first-order chi connectivity index (χ1) is 9.17. The number of methoxy groups -OCH3 is 1. The Morgan fingerprint density at radius 1 is 1.42 bits per heavy atom. The van der Waals surface area contributed by atoms with Crippen molar-refractivity contribution >= 4 is 23.2 Å². The zero-order valence-electron chi connectivity index (χ0n) is 10.8. The largest absolute Gasteiger partial charge is 0.383 e. The number of hydrogen-bond donors (Lipinski definition) is 3. The third-order valence-corrected chi connectivity index (χ3v) is 3.10. The highest BCUT2D eigenvalue weighted by Crippen LogP contribution is 2.08. The van der Waals surface area contributed by atoms with Gasteiger partial charge in [0.15, 0.2) is 0 Å². The van der Waals surface area contributed by atoms with E-state index in [1.807, 2.05) is 0 Å². The zero-order valence-corrected chi connectivity index (χ0v) is 11.6. The Kier molecular flexibility index (Phi) is 7.01. The second-order valence-electron chi connectivity index (χ2n) is 3.68. The summed E-state index contributed by atoms with van der Waals surface area (Å²) in [6, 6.07) is 0. The van der Waals surface area contributed by atoms with E-state index in [9.17, 15) is 9.59 Å². The number of ether oxygens (including phenoxy) is 1. The molecule has 1 heterocycles. The molecule has 0 aliphatic rings. The van der Waals surface area contributed by atoms with Crippen molar-refractivity contribution in [2.24, 2.45) is 5.73 Å². The Hall–Kier alpha value is -1.51. The first-order valence-corrected chi connectivity index (χ1v) is 6.73. The van der Waals surface area contributed by atoms with Gasteiger partial charge < -0.3 is 21.1 Å². The third kappa shape index (κ3) is 5.77. The first kappa shape index (κ1) is 15.5. The Morgan fingerprint density at radius 3 is 2.84 bits per heavy atom. The van der Waals surface area contributed by atoms with Gasteiger partial charge in [-0.1, -0.05) is 0 Å². The molecule has 19 heavy (non-hydrogen) atoms. The summed E-state index contributed by atoms with van der Waals surface area (Å²) in [5.41, 5.74) is 5.75. The summed E-state index contributed by atoms with van der Waals surface area (Å²) in [7, 11) is 1.57. The Morgan fingerprint density at radius 2 is 2.21 bits per heavy atom. The predicted molar refractivity (Wildman–Crippen MR) is 71.8 cm³/mol. The molecule has 0 radical (unpaired) electrons. The molecule has 0 fully saturated rings. The molecule has 0 bridgehead atoms. The Labute approximate surface area is 115 Å². The van der Waals surface area contributed by atoms with Crippen LogP contribution >= 0.6 is 11.3 Å². The summed E-state index contributed by atoms with van der Waals surface area (Å²) in [4.78, 5) is 27.0. The maximum atomic E-state index is 11.7. The Bertz CT molecular complexity index is 422. The van der Waals surface area contributed by atoms with Gasteiger partial charge in [-0.25, -0.2) is 4.98 Å². The maximum absolute atomic E-state index is 11.7. The average Bonchev–Trinajstić information content (AvgIpc) is 2.87. The molecule has 2 amide bonds. The molecular weight excluding hydrogens is 268 g/mol. The third-order valence-electron chi connectivity index (χ3n) is 2.22. The smallest absolute Gasteiger partial charge is 0.270 e. The van der Waals surface area contributed by atoms with Gasteiger partial charge in [0.05, 0.1) is 6.61 Å². The number of rotatable bonds is 8. The van der Waals surface area contributed by atoms with Crippen LogP contribution in [0.5, 0.6) is 0 Å². The number of carbonyl (C=O) groups excluding carboxylic acids is 2. The lowest BCUT2D eigenvalue weighted by Gasteiger charge is -2.05. The molecule has 1 aromatic heterocycles. The molecule has 0 aliphatic carbocycles. The highest BCUT2D eigenvalue weighted by molar-refractivity contribution is 7.09. The number of amides is 2. The number of nitrogens with zero attached hydrogens (tertiary/aromatic N) is 1. The molecule has 0 aliphatic heterocycles. The Balaban J connectivity index is 2.21. The molecule has 0 unspecified atom stereocenters. The lowest BCUT2D eigenvalue weighted by molar-refractivity contribution is -0.121. The molecule has 8 heteroatoms. The van der Waals surface area contributed by atoms with Gasteiger partial charge >= 0.3 is 0 Å². The SMILES string of the molecule is COCCNC(=O)CCNC(=O)c1csc(CN)n1. The molecule has 0 atom stereocenters. The van der Waals surface area contributed by atoms with Gasteiger partial charge in [-0.2, -0.15) is 0 Å². The molecule has 1 aromatic rings. The van der Waals surface area contributed by atoms with Gasteiger partial charge in [-0.15, -0.1) is 11.3 Å². The van der Waals surface area contributed by atoms with Crippen molar-refractivity contribution in [3.05, 3.63) is 16.1 Å². The van der Waals surface area contributed by atoms with Crippen molar-refractivity contribution in [2.75, 3.05) is 26.8 Å². The molecule has 7 nitrogen and oxygen atoms in total. The summed E-state index contributed by atoms with van der Waals surface area (Å²) in [5.74, 6) is -0.418. The molecule has 0 saturated heterocycles. The van der Waals surface area contributed by atoms with Gasteiger partial charge in [0.2, 0.25) is 5.91 Å². The summed E-state index contributed by atoms with van der Waals surface area (Å²) in [5, 5.41) is 7.65. The van der Waals surface area contributed by atoms with Crippen LogP contribution in [0.15, 0.2) is 5.38 Å². The fraction of sp³-hybridized carbons (Fsp3) is 0.545. The lowest BCUT2D eigenvalue weighted by atomic mass is 10.3. The van der Waals surface area contributed by atoms with E-state index in [1.165, 1.54) is 11.3 Å². The van der Waals surface area contributed by atoms with Crippen LogP contribution in [0.1, 0.15) is 21.9 Å². The summed E-state index contributed by atoms with van der Waals surface area (Å²) in [6.45, 7) is 1.53. The minimum Gasteiger partial charge on any atom is -0.383 e. The average molecular weight is 286 g/mol. The van der Waals surface area contributed by atoms with Gasteiger partial charge in [0.25, 0.3) is 5.91 Å². The highest BCUT2D eigenvalue weighted by atomic mass is 32.1. The van der Waals surface area contributed by atoms with E-state index < -0.39 is 0 Å². The van der Waals surface area contributed by atoms with E-state index in [-0.39, 0.29) is 24.8 Å². The monoisotopic (exact) mass is 286 g/mol. The van der Waals surface area contributed by atoms with Crippen molar-refractivity contribution in [1.82, 2.24) is 15.6 Å². The van der Waals surface area contributed by atoms with Crippen LogP contribution in [0.3, 0.4) is 0 Å². The van der Waals surface area contributed by atoms with Crippen molar-refractivity contribution < 1.29 is 14.3 Å². The van der Waals surface area contributed by atoms with Gasteiger partial charge in [-0.3, -0.25) is 9.59 Å². The van der Waals surface area contributed by atoms with Crippen LogP contribution in [-0.4, -0.2) is 43.6 Å². The quantitative estimate of drug-likeness (QED) is 0.558. The van der Waals surface area contributed by atoms with Crippen LogP contribution in [-0.2, 0) is 16.1 Å². The van der Waals surface area contributed by atoms with E-state index in [0.29, 0.717) is 30.4 Å². The fourth-order valence-electron chi connectivity index (χ4n) is 1.27. The number of thiazole rings is 1. The number of nitrogens with one attached hydrogen (secondary N) is 2. The van der Waals surface area contributed by atoms with Crippen molar-refractivity contribution in [1.29, 1.82) is 0 Å². The second-order valence-corrected chi connectivity index (χ2v) is 4.62. The van der Waals surface area contributed by atoms with Crippen LogP contribution in [0.25, 0.3) is 0 Å². The number of aromatic nitrogens is 1. The van der Waals surface area contributed by atoms with E-state index in [4.69, 9.17) is 10.5 Å². The molecule has 0 spiro atoms. The standard InChI is InChI=1S/C11H18N4O3S/c1-18-5-4-13-9(16)2-3-14-11(17)8-7-19-10(6-12)15-8/h7H,2-6,12H2,1H3,(H,13,16)(H,14,17). The van der Waals surface area contributed by atoms with Gasteiger partial charge in [-0.05, 0) is 0 Å². The minimum absolute atomic E-state index is 0.127. The number of hydrogen-bond acceptors (Lipinski definition) is 6. The molecule has 4 N–H and O–H groups in total. The molecule has 0 saturated carbocycles. The molecule has 0 aromatic carbocycles. The maximum Gasteiger partial charge on any atom is 0.270 e. The van der Waals surface area contributed by atoms with Crippen LogP contribution in [0, 0.1) is 0 Å². The predicted octanol–water partition coefficient (Wildman–Crippen LogP) is -0.516. The summed E-state index contributed by atoms with van der Waals surface area (Å²) < 4.78 is 4.80.